The molecule has 0 spiro atoms. The van der Waals surface area contributed by atoms with Gasteiger partial charge in [0, 0.05) is 5.56 Å². The molecule has 0 radical (unpaired) electrons. The summed E-state index contributed by atoms with van der Waals surface area (Å²) in [7, 11) is 0. The molecule has 0 aliphatic heterocycles. The van der Waals surface area contributed by atoms with Crippen molar-refractivity contribution in [2.24, 2.45) is 0 Å². The third-order valence-corrected chi connectivity index (χ3v) is 5.17. The smallest absolute Gasteiger partial charge is 0.416 e. The van der Waals surface area contributed by atoms with Crippen LogP contribution in [0.2, 0.25) is 0 Å². The van der Waals surface area contributed by atoms with Crippen molar-refractivity contribution in [1.29, 1.82) is 0 Å². The van der Waals surface area contributed by atoms with E-state index >= 15 is 0 Å². The van der Waals surface area contributed by atoms with Crippen LogP contribution in [0.15, 0.2) is 65.1 Å². The summed E-state index contributed by atoms with van der Waals surface area (Å²) in [5.41, 5.74) is 0.551. The molecule has 2 aromatic heterocycles. The van der Waals surface area contributed by atoms with Crippen molar-refractivity contribution in [3.05, 3.63) is 77.6 Å². The third kappa shape index (κ3) is 4.36. The number of amides is 1. The fourth-order valence-electron chi connectivity index (χ4n) is 2.65. The van der Waals surface area contributed by atoms with Gasteiger partial charge in [-0.3, -0.25) is 4.79 Å². The fraction of sp³-hybridized carbons (Fsp3) is 0.0909. The van der Waals surface area contributed by atoms with Crippen LogP contribution >= 0.6 is 11.3 Å². The second-order valence-corrected chi connectivity index (χ2v) is 7.24. The molecule has 2 aromatic carbocycles. The number of carbonyl (C=O) groups excluding carboxylic acids is 1. The maximum atomic E-state index is 12.5. The topological polar surface area (TPSA) is 55.1 Å². The van der Waals surface area contributed by atoms with E-state index in [0.29, 0.717) is 16.3 Å². The highest BCUT2D eigenvalue weighted by Gasteiger charge is 2.29. The van der Waals surface area contributed by atoms with E-state index in [1.54, 1.807) is 12.1 Å². The zero-order chi connectivity index (χ0) is 21.1. The largest absolute Gasteiger partial charge is 0.448 e. The molecule has 0 bridgehead atoms. The first-order valence-electron chi connectivity index (χ1n) is 8.80. The lowest BCUT2D eigenvalue weighted by Crippen LogP contribution is -2.22. The maximum absolute atomic E-state index is 12.5. The molecule has 8 heteroatoms. The molecule has 0 fully saturated rings. The molecule has 0 unspecified atom stereocenters. The summed E-state index contributed by atoms with van der Waals surface area (Å²) in [6, 6.07) is 15.4. The Morgan fingerprint density at radius 3 is 2.57 bits per heavy atom. The van der Waals surface area contributed by atoms with Crippen molar-refractivity contribution in [2.75, 3.05) is 6.54 Å². The van der Waals surface area contributed by atoms with Crippen molar-refractivity contribution in [2.45, 2.75) is 6.18 Å². The average Bonchev–Trinajstić information content (AvgIpc) is 3.37. The van der Waals surface area contributed by atoms with E-state index < -0.39 is 17.6 Å². The highest BCUT2D eigenvalue weighted by molar-refractivity contribution is 7.21. The number of carbonyl (C=O) groups is 1. The van der Waals surface area contributed by atoms with Crippen LogP contribution in [0, 0.1) is 11.8 Å². The number of nitrogens with zero attached hydrogens (tertiary/aromatic N) is 1. The number of hydrogen-bond donors (Lipinski definition) is 1. The molecule has 30 heavy (non-hydrogen) atoms. The van der Waals surface area contributed by atoms with Gasteiger partial charge in [-0.05, 0) is 48.5 Å². The van der Waals surface area contributed by atoms with Crippen molar-refractivity contribution in [1.82, 2.24) is 10.3 Å². The first kappa shape index (κ1) is 19.7. The Morgan fingerprint density at radius 1 is 1.07 bits per heavy atom. The summed E-state index contributed by atoms with van der Waals surface area (Å²) in [6.45, 7) is 0.0248. The van der Waals surface area contributed by atoms with E-state index in [2.05, 4.69) is 22.1 Å². The Hall–Kier alpha value is -3.57. The number of halogens is 3. The molecule has 4 rings (SSSR count). The number of aromatic nitrogens is 1. The molecule has 1 N–H and O–H groups in total. The highest BCUT2D eigenvalue weighted by Crippen LogP contribution is 2.31. The number of fused-ring (bicyclic) bond motifs is 1. The predicted molar refractivity (Wildman–Crippen MR) is 108 cm³/mol. The molecule has 0 atom stereocenters. The van der Waals surface area contributed by atoms with Gasteiger partial charge in [0.05, 0.1) is 22.3 Å². The number of nitrogens with one attached hydrogen (secondary N) is 1. The summed E-state index contributed by atoms with van der Waals surface area (Å²) in [6.07, 6.45) is -4.38. The van der Waals surface area contributed by atoms with Crippen LogP contribution in [-0.2, 0) is 6.18 Å². The molecule has 0 saturated heterocycles. The number of rotatable bonds is 3. The zero-order valence-electron chi connectivity index (χ0n) is 15.3. The van der Waals surface area contributed by atoms with Gasteiger partial charge in [-0.1, -0.05) is 24.0 Å². The van der Waals surface area contributed by atoms with Gasteiger partial charge in [0.2, 0.25) is 0 Å². The van der Waals surface area contributed by atoms with Crippen LogP contribution in [0.25, 0.3) is 21.0 Å². The summed E-state index contributed by atoms with van der Waals surface area (Å²) in [4.78, 5) is 16.7. The molecule has 0 saturated carbocycles. The minimum atomic E-state index is -4.38. The summed E-state index contributed by atoms with van der Waals surface area (Å²) < 4.78 is 44.3. The number of hydrogen-bond acceptors (Lipinski definition) is 4. The molecule has 0 aliphatic rings. The number of benzene rings is 2. The van der Waals surface area contributed by atoms with Gasteiger partial charge in [0.1, 0.15) is 0 Å². The predicted octanol–water partition coefficient (Wildman–Crippen LogP) is 5.36. The lowest BCUT2D eigenvalue weighted by molar-refractivity contribution is -0.137. The standard InChI is InChI=1S/C22H13F3N2O2S/c23-22(24,25)15-9-7-14(8-10-15)4-3-13-26-20(28)17-11-12-18(29-17)21-27-16-5-1-2-6-19(16)30-21/h1-2,5-12H,13H2,(H,26,28). The number of para-hydroxylation sites is 1. The number of furan rings is 1. The third-order valence-electron chi connectivity index (χ3n) is 4.12. The Morgan fingerprint density at radius 2 is 1.83 bits per heavy atom. The van der Waals surface area contributed by atoms with E-state index in [0.717, 1.165) is 22.3 Å². The van der Waals surface area contributed by atoms with Gasteiger partial charge in [-0.15, -0.1) is 11.3 Å². The van der Waals surface area contributed by atoms with E-state index in [9.17, 15) is 18.0 Å². The monoisotopic (exact) mass is 426 g/mol. The quantitative estimate of drug-likeness (QED) is 0.449. The van der Waals surface area contributed by atoms with Crippen molar-refractivity contribution in [3.63, 3.8) is 0 Å². The van der Waals surface area contributed by atoms with E-state index in [1.165, 1.54) is 23.5 Å². The first-order chi connectivity index (χ1) is 14.4. The van der Waals surface area contributed by atoms with Crippen LogP contribution < -0.4 is 5.32 Å². The molecule has 2 heterocycles. The molecule has 0 aliphatic carbocycles. The number of thiazole rings is 1. The normalized spacial score (nSPS) is 11.2. The van der Waals surface area contributed by atoms with Crippen LogP contribution in [0.1, 0.15) is 21.7 Å². The van der Waals surface area contributed by atoms with E-state index in [-0.39, 0.29) is 12.3 Å². The highest BCUT2D eigenvalue weighted by atomic mass is 32.1. The summed E-state index contributed by atoms with van der Waals surface area (Å²) in [5.74, 6) is 5.59. The molecule has 150 valence electrons. The number of alkyl halides is 3. The second-order valence-electron chi connectivity index (χ2n) is 6.21. The van der Waals surface area contributed by atoms with Crippen molar-refractivity contribution in [3.8, 4) is 22.6 Å². The minimum absolute atomic E-state index is 0.0248. The fourth-order valence-corrected chi connectivity index (χ4v) is 3.58. The Bertz CT molecular complexity index is 1230. The van der Waals surface area contributed by atoms with Crippen LogP contribution in [0.3, 0.4) is 0 Å². The Labute approximate surface area is 173 Å². The molecular formula is C22H13F3N2O2S. The lowest BCUT2D eigenvalue weighted by atomic mass is 10.1. The molecular weight excluding hydrogens is 413 g/mol. The second kappa shape index (κ2) is 8.05. The molecule has 4 aromatic rings. The van der Waals surface area contributed by atoms with Gasteiger partial charge in [0.15, 0.2) is 16.5 Å². The lowest BCUT2D eigenvalue weighted by Gasteiger charge is -2.05. The van der Waals surface area contributed by atoms with Crippen molar-refractivity contribution >= 4 is 27.5 Å². The summed E-state index contributed by atoms with van der Waals surface area (Å²) >= 11 is 1.47. The van der Waals surface area contributed by atoms with E-state index in [4.69, 9.17) is 4.42 Å². The Kier molecular flexibility index (Phi) is 5.29. The van der Waals surface area contributed by atoms with Gasteiger partial charge >= 0.3 is 6.18 Å². The van der Waals surface area contributed by atoms with Crippen LogP contribution in [0.5, 0.6) is 0 Å². The van der Waals surface area contributed by atoms with Gasteiger partial charge in [0.25, 0.3) is 5.91 Å². The van der Waals surface area contributed by atoms with Crippen molar-refractivity contribution < 1.29 is 22.4 Å². The Balaban J connectivity index is 1.37. The summed E-state index contributed by atoms with van der Waals surface area (Å²) in [5, 5.41) is 3.27. The molecule has 4 nitrogen and oxygen atoms in total. The minimum Gasteiger partial charge on any atom is -0.448 e. The zero-order valence-corrected chi connectivity index (χ0v) is 16.1. The van der Waals surface area contributed by atoms with Gasteiger partial charge < -0.3 is 9.73 Å². The average molecular weight is 426 g/mol. The van der Waals surface area contributed by atoms with Crippen LogP contribution in [-0.4, -0.2) is 17.4 Å². The van der Waals surface area contributed by atoms with Crippen LogP contribution in [0.4, 0.5) is 13.2 Å². The maximum Gasteiger partial charge on any atom is 0.416 e. The van der Waals surface area contributed by atoms with Gasteiger partial charge in [-0.25, -0.2) is 4.98 Å². The first-order valence-corrected chi connectivity index (χ1v) is 9.62. The van der Waals surface area contributed by atoms with E-state index in [1.807, 2.05) is 24.3 Å². The SMILES string of the molecule is O=C(NCC#Cc1ccc(C(F)(F)F)cc1)c1ccc(-c2nc3ccccc3s2)o1. The van der Waals surface area contributed by atoms with Gasteiger partial charge in [-0.2, -0.15) is 13.2 Å². The molecule has 1 amide bonds.